The Balaban J connectivity index is 2.49. The number of benzene rings is 1. The smallest absolute Gasteiger partial charge is 0.270 e. The quantitative estimate of drug-likeness (QED) is 0.603. The van der Waals surface area contributed by atoms with E-state index in [2.05, 4.69) is 4.99 Å². The Morgan fingerprint density at radius 2 is 2.24 bits per heavy atom. The molecule has 1 aromatic rings. The van der Waals surface area contributed by atoms with Crippen LogP contribution < -0.4 is 9.47 Å². The molecule has 0 amide bonds. The molecule has 0 saturated carbocycles. The van der Waals surface area contributed by atoms with Crippen LogP contribution in [0.4, 0.5) is 8.78 Å². The molecular formula is C11H9F2NO3. The van der Waals surface area contributed by atoms with Crippen LogP contribution in [-0.4, -0.2) is 12.9 Å². The first kappa shape index (κ1) is 11.5. The van der Waals surface area contributed by atoms with Gasteiger partial charge < -0.3 is 9.47 Å². The van der Waals surface area contributed by atoms with Crippen molar-refractivity contribution < 1.29 is 23.0 Å². The van der Waals surface area contributed by atoms with Gasteiger partial charge in [0.15, 0.2) is 11.5 Å². The van der Waals surface area contributed by atoms with Crippen molar-refractivity contribution in [2.45, 2.75) is 19.4 Å². The molecule has 0 bridgehead atoms. The van der Waals surface area contributed by atoms with Crippen molar-refractivity contribution in [2.24, 2.45) is 4.99 Å². The molecule has 0 radical (unpaired) electrons. The molecule has 0 aliphatic carbocycles. The van der Waals surface area contributed by atoms with Crippen LogP contribution in [0.2, 0.25) is 0 Å². The second kappa shape index (κ2) is 4.14. The number of halogens is 2. The molecule has 17 heavy (non-hydrogen) atoms. The first-order valence-corrected chi connectivity index (χ1v) is 4.87. The molecule has 6 heteroatoms. The highest BCUT2D eigenvalue weighted by molar-refractivity contribution is 5.52. The average Bonchev–Trinajstić information content (AvgIpc) is 2.72. The topological polar surface area (TPSA) is 47.9 Å². The molecule has 1 aromatic carbocycles. The standard InChI is InChI=1S/C11H9F2NO3/c1-11(12,13)8-2-7(4-14-5-15)10-9(3-8)16-6-17-10/h2-3H,4,6H2,1H3. The van der Waals surface area contributed by atoms with E-state index in [-0.39, 0.29) is 24.7 Å². The molecule has 0 fully saturated rings. The number of ether oxygens (including phenoxy) is 2. The Morgan fingerprint density at radius 3 is 2.88 bits per heavy atom. The predicted molar refractivity (Wildman–Crippen MR) is 54.0 cm³/mol. The Bertz CT molecular complexity index is 490. The van der Waals surface area contributed by atoms with E-state index in [1.54, 1.807) is 0 Å². The summed E-state index contributed by atoms with van der Waals surface area (Å²) < 4.78 is 36.6. The zero-order chi connectivity index (χ0) is 12.5. The molecule has 0 spiro atoms. The molecule has 0 unspecified atom stereocenters. The van der Waals surface area contributed by atoms with Crippen molar-refractivity contribution in [2.75, 3.05) is 6.79 Å². The fourth-order valence-electron chi connectivity index (χ4n) is 1.57. The van der Waals surface area contributed by atoms with Crippen LogP contribution in [0.3, 0.4) is 0 Å². The zero-order valence-electron chi connectivity index (χ0n) is 9.00. The van der Waals surface area contributed by atoms with E-state index in [1.165, 1.54) is 18.2 Å². The van der Waals surface area contributed by atoms with Gasteiger partial charge in [-0.05, 0) is 12.1 Å². The molecule has 1 aliphatic rings. The molecular weight excluding hydrogens is 232 g/mol. The SMILES string of the molecule is CC(F)(F)c1cc(CN=C=O)c2c(c1)OCO2. The number of aliphatic imine (C=N–C) groups is 1. The van der Waals surface area contributed by atoms with Crippen LogP contribution in [0.1, 0.15) is 18.1 Å². The van der Waals surface area contributed by atoms with Crippen LogP contribution >= 0.6 is 0 Å². The maximum atomic E-state index is 13.2. The van der Waals surface area contributed by atoms with Gasteiger partial charge in [-0.2, -0.15) is 0 Å². The average molecular weight is 241 g/mol. The van der Waals surface area contributed by atoms with Crippen molar-refractivity contribution in [3.63, 3.8) is 0 Å². The first-order chi connectivity index (χ1) is 8.02. The van der Waals surface area contributed by atoms with Crippen LogP contribution in [0.15, 0.2) is 17.1 Å². The van der Waals surface area contributed by atoms with Gasteiger partial charge in [0, 0.05) is 18.1 Å². The summed E-state index contributed by atoms with van der Waals surface area (Å²) in [5.41, 5.74) is 0.192. The first-order valence-electron chi connectivity index (χ1n) is 4.87. The Labute approximate surface area is 95.9 Å². The molecule has 1 heterocycles. The summed E-state index contributed by atoms with van der Waals surface area (Å²) in [6.07, 6.45) is 1.36. The van der Waals surface area contributed by atoms with E-state index in [9.17, 15) is 13.6 Å². The number of rotatable bonds is 3. The summed E-state index contributed by atoms with van der Waals surface area (Å²) >= 11 is 0. The molecule has 4 nitrogen and oxygen atoms in total. The van der Waals surface area contributed by atoms with E-state index >= 15 is 0 Å². The monoisotopic (exact) mass is 241 g/mol. The number of nitrogens with zero attached hydrogens (tertiary/aromatic N) is 1. The summed E-state index contributed by atoms with van der Waals surface area (Å²) in [6.45, 7) is 0.711. The lowest BCUT2D eigenvalue weighted by Gasteiger charge is -2.13. The minimum Gasteiger partial charge on any atom is -0.454 e. The maximum absolute atomic E-state index is 13.2. The van der Waals surface area contributed by atoms with E-state index in [0.29, 0.717) is 11.3 Å². The highest BCUT2D eigenvalue weighted by atomic mass is 19.3. The fraction of sp³-hybridized carbons (Fsp3) is 0.364. The van der Waals surface area contributed by atoms with Gasteiger partial charge in [-0.15, -0.1) is 0 Å². The lowest BCUT2D eigenvalue weighted by molar-refractivity contribution is 0.0172. The zero-order valence-corrected chi connectivity index (χ0v) is 9.00. The van der Waals surface area contributed by atoms with Crippen molar-refractivity contribution in [3.8, 4) is 11.5 Å². The predicted octanol–water partition coefficient (Wildman–Crippen LogP) is 2.36. The number of alkyl halides is 2. The summed E-state index contributed by atoms with van der Waals surface area (Å²) in [7, 11) is 0. The largest absolute Gasteiger partial charge is 0.454 e. The van der Waals surface area contributed by atoms with Crippen molar-refractivity contribution in [3.05, 3.63) is 23.3 Å². The minimum atomic E-state index is -2.99. The number of hydrogen-bond donors (Lipinski definition) is 0. The second-order valence-electron chi connectivity index (χ2n) is 3.67. The Morgan fingerprint density at radius 1 is 1.47 bits per heavy atom. The fourth-order valence-corrected chi connectivity index (χ4v) is 1.57. The summed E-state index contributed by atoms with van der Waals surface area (Å²) in [5, 5.41) is 0. The molecule has 90 valence electrons. The minimum absolute atomic E-state index is 0.0219. The van der Waals surface area contributed by atoms with Gasteiger partial charge >= 0.3 is 0 Å². The van der Waals surface area contributed by atoms with E-state index < -0.39 is 5.92 Å². The highest BCUT2D eigenvalue weighted by Gasteiger charge is 2.29. The number of fused-ring (bicyclic) bond motifs is 1. The van der Waals surface area contributed by atoms with Gasteiger partial charge in [0.05, 0.1) is 6.54 Å². The van der Waals surface area contributed by atoms with E-state index in [4.69, 9.17) is 9.47 Å². The summed E-state index contributed by atoms with van der Waals surface area (Å²) in [4.78, 5) is 13.4. The molecule has 0 N–H and O–H groups in total. The Hall–Kier alpha value is -1.94. The van der Waals surface area contributed by atoms with E-state index in [1.807, 2.05) is 0 Å². The van der Waals surface area contributed by atoms with Crippen molar-refractivity contribution in [1.82, 2.24) is 0 Å². The molecule has 0 saturated heterocycles. The van der Waals surface area contributed by atoms with Crippen LogP contribution in [0.5, 0.6) is 11.5 Å². The number of hydrogen-bond acceptors (Lipinski definition) is 4. The molecule has 0 atom stereocenters. The second-order valence-corrected chi connectivity index (χ2v) is 3.67. The van der Waals surface area contributed by atoms with Crippen molar-refractivity contribution in [1.29, 1.82) is 0 Å². The van der Waals surface area contributed by atoms with Gasteiger partial charge in [-0.3, -0.25) is 0 Å². The summed E-state index contributed by atoms with van der Waals surface area (Å²) in [5.74, 6) is -2.38. The maximum Gasteiger partial charge on any atom is 0.270 e. The molecule has 0 aromatic heterocycles. The number of carbonyl (C=O) groups excluding carboxylic acids is 1. The normalized spacial score (nSPS) is 13.4. The van der Waals surface area contributed by atoms with Gasteiger partial charge in [0.25, 0.3) is 5.92 Å². The third kappa shape index (κ3) is 2.26. The van der Waals surface area contributed by atoms with E-state index in [0.717, 1.165) is 6.92 Å². The summed E-state index contributed by atoms with van der Waals surface area (Å²) in [6, 6.07) is 2.49. The number of isocyanates is 1. The van der Waals surface area contributed by atoms with Gasteiger partial charge in [-0.25, -0.2) is 18.6 Å². The van der Waals surface area contributed by atoms with Gasteiger partial charge in [-0.1, -0.05) is 0 Å². The van der Waals surface area contributed by atoms with Crippen LogP contribution in [0, 0.1) is 0 Å². The van der Waals surface area contributed by atoms with Crippen LogP contribution in [-0.2, 0) is 17.3 Å². The lowest BCUT2D eigenvalue weighted by atomic mass is 10.0. The molecule has 2 rings (SSSR count). The molecule has 1 aliphatic heterocycles. The highest BCUT2D eigenvalue weighted by Crippen LogP contribution is 2.41. The third-order valence-electron chi connectivity index (χ3n) is 2.37. The third-order valence-corrected chi connectivity index (χ3v) is 2.37. The van der Waals surface area contributed by atoms with Crippen molar-refractivity contribution >= 4 is 6.08 Å². The lowest BCUT2D eigenvalue weighted by Crippen LogP contribution is -2.07. The van der Waals surface area contributed by atoms with Gasteiger partial charge in [0.2, 0.25) is 12.9 Å². The van der Waals surface area contributed by atoms with Gasteiger partial charge in [0.1, 0.15) is 0 Å². The Kier molecular flexibility index (Phi) is 2.81. The van der Waals surface area contributed by atoms with Crippen LogP contribution in [0.25, 0.3) is 0 Å².